The Labute approximate surface area is 102 Å². The molecule has 0 aromatic carbocycles. The average Bonchev–Trinajstić information content (AvgIpc) is 2.75. The molecule has 0 unspecified atom stereocenters. The largest absolute Gasteiger partial charge is 0.350 e. The summed E-state index contributed by atoms with van der Waals surface area (Å²) in [6.45, 7) is 8.25. The van der Waals surface area contributed by atoms with E-state index in [1.807, 2.05) is 4.57 Å². The Bertz CT molecular complexity index is 370. The lowest BCUT2D eigenvalue weighted by Gasteiger charge is -2.22. The summed E-state index contributed by atoms with van der Waals surface area (Å²) in [6, 6.07) is 0. The Hall–Kier alpha value is -1.36. The SMILES string of the molecule is CCC(C)(C)CNC(=O)c1cn(CCN)cn1. The van der Waals surface area contributed by atoms with Crippen LogP contribution in [0.5, 0.6) is 0 Å². The van der Waals surface area contributed by atoms with Gasteiger partial charge >= 0.3 is 0 Å². The van der Waals surface area contributed by atoms with Crippen molar-refractivity contribution in [3.05, 3.63) is 18.2 Å². The van der Waals surface area contributed by atoms with E-state index in [1.54, 1.807) is 12.5 Å². The summed E-state index contributed by atoms with van der Waals surface area (Å²) >= 11 is 0. The standard InChI is InChI=1S/C12H22N4O/c1-4-12(2,3)8-14-11(17)10-7-16(6-5-13)9-15-10/h7,9H,4-6,8,13H2,1-3H3,(H,14,17). The molecular weight excluding hydrogens is 216 g/mol. The fraction of sp³-hybridized carbons (Fsp3) is 0.667. The van der Waals surface area contributed by atoms with Crippen molar-refractivity contribution >= 4 is 5.91 Å². The maximum Gasteiger partial charge on any atom is 0.271 e. The monoisotopic (exact) mass is 238 g/mol. The summed E-state index contributed by atoms with van der Waals surface area (Å²) in [5.74, 6) is -0.123. The first-order chi connectivity index (χ1) is 7.98. The first kappa shape index (κ1) is 13.7. The van der Waals surface area contributed by atoms with Gasteiger partial charge in [-0.15, -0.1) is 0 Å². The smallest absolute Gasteiger partial charge is 0.271 e. The van der Waals surface area contributed by atoms with E-state index in [0.717, 1.165) is 6.42 Å². The number of aromatic nitrogens is 2. The maximum absolute atomic E-state index is 11.8. The highest BCUT2D eigenvalue weighted by molar-refractivity contribution is 5.92. The van der Waals surface area contributed by atoms with E-state index in [1.165, 1.54) is 0 Å². The van der Waals surface area contributed by atoms with E-state index in [0.29, 0.717) is 25.3 Å². The van der Waals surface area contributed by atoms with Gasteiger partial charge in [-0.25, -0.2) is 4.98 Å². The molecule has 0 aliphatic rings. The molecule has 0 fully saturated rings. The molecule has 0 radical (unpaired) electrons. The Balaban J connectivity index is 2.52. The Morgan fingerprint density at radius 2 is 2.29 bits per heavy atom. The summed E-state index contributed by atoms with van der Waals surface area (Å²) in [7, 11) is 0. The summed E-state index contributed by atoms with van der Waals surface area (Å²) < 4.78 is 1.82. The number of nitrogens with zero attached hydrogens (tertiary/aromatic N) is 2. The Kier molecular flexibility index (Phi) is 4.69. The van der Waals surface area contributed by atoms with Crippen LogP contribution in [0.3, 0.4) is 0 Å². The number of carbonyl (C=O) groups is 1. The van der Waals surface area contributed by atoms with Crippen LogP contribution in [0.2, 0.25) is 0 Å². The number of carbonyl (C=O) groups excluding carboxylic acids is 1. The average molecular weight is 238 g/mol. The minimum absolute atomic E-state index is 0.121. The lowest BCUT2D eigenvalue weighted by atomic mass is 9.90. The third-order valence-electron chi connectivity index (χ3n) is 2.94. The molecule has 96 valence electrons. The van der Waals surface area contributed by atoms with Gasteiger partial charge in [-0.2, -0.15) is 0 Å². The normalized spacial score (nSPS) is 11.5. The summed E-state index contributed by atoms with van der Waals surface area (Å²) in [4.78, 5) is 15.9. The van der Waals surface area contributed by atoms with Crippen LogP contribution < -0.4 is 11.1 Å². The van der Waals surface area contributed by atoms with E-state index in [2.05, 4.69) is 31.1 Å². The quantitative estimate of drug-likeness (QED) is 0.776. The molecule has 17 heavy (non-hydrogen) atoms. The second kappa shape index (κ2) is 5.82. The molecule has 0 saturated carbocycles. The lowest BCUT2D eigenvalue weighted by Crippen LogP contribution is -2.33. The molecule has 1 aromatic rings. The van der Waals surface area contributed by atoms with Crippen molar-refractivity contribution in [2.75, 3.05) is 13.1 Å². The van der Waals surface area contributed by atoms with Gasteiger partial charge in [-0.05, 0) is 11.8 Å². The first-order valence-electron chi connectivity index (χ1n) is 5.98. The van der Waals surface area contributed by atoms with Gasteiger partial charge in [0.1, 0.15) is 5.69 Å². The van der Waals surface area contributed by atoms with Crippen LogP contribution in [-0.2, 0) is 6.54 Å². The van der Waals surface area contributed by atoms with E-state index in [9.17, 15) is 4.79 Å². The number of nitrogens with one attached hydrogen (secondary N) is 1. The van der Waals surface area contributed by atoms with E-state index >= 15 is 0 Å². The number of amides is 1. The van der Waals surface area contributed by atoms with Gasteiger partial charge < -0.3 is 15.6 Å². The molecular formula is C12H22N4O. The topological polar surface area (TPSA) is 72.9 Å². The fourth-order valence-corrected chi connectivity index (χ4v) is 1.28. The van der Waals surface area contributed by atoms with Crippen molar-refractivity contribution in [3.63, 3.8) is 0 Å². The highest BCUT2D eigenvalue weighted by Crippen LogP contribution is 2.17. The molecule has 0 aliphatic carbocycles. The Morgan fingerprint density at radius 3 is 2.88 bits per heavy atom. The zero-order valence-electron chi connectivity index (χ0n) is 10.9. The molecule has 1 rings (SSSR count). The number of hydrogen-bond acceptors (Lipinski definition) is 3. The first-order valence-corrected chi connectivity index (χ1v) is 5.98. The van der Waals surface area contributed by atoms with Gasteiger partial charge in [0.15, 0.2) is 0 Å². The van der Waals surface area contributed by atoms with Crippen LogP contribution in [0.4, 0.5) is 0 Å². The second-order valence-electron chi connectivity index (χ2n) is 4.99. The molecule has 0 saturated heterocycles. The second-order valence-corrected chi connectivity index (χ2v) is 4.99. The third kappa shape index (κ3) is 4.19. The van der Waals surface area contributed by atoms with Gasteiger partial charge in [0.25, 0.3) is 5.91 Å². The third-order valence-corrected chi connectivity index (χ3v) is 2.94. The van der Waals surface area contributed by atoms with Crippen molar-refractivity contribution in [1.82, 2.24) is 14.9 Å². The van der Waals surface area contributed by atoms with Crippen LogP contribution >= 0.6 is 0 Å². The van der Waals surface area contributed by atoms with E-state index in [-0.39, 0.29) is 11.3 Å². The lowest BCUT2D eigenvalue weighted by molar-refractivity contribution is 0.0931. The fourth-order valence-electron chi connectivity index (χ4n) is 1.28. The number of nitrogens with two attached hydrogens (primary N) is 1. The van der Waals surface area contributed by atoms with Crippen molar-refractivity contribution in [3.8, 4) is 0 Å². The predicted octanol–water partition coefficient (Wildman–Crippen LogP) is 1.01. The van der Waals surface area contributed by atoms with Crippen LogP contribution in [0.25, 0.3) is 0 Å². The van der Waals surface area contributed by atoms with Crippen molar-refractivity contribution in [2.24, 2.45) is 11.1 Å². The van der Waals surface area contributed by atoms with Gasteiger partial charge in [0, 0.05) is 25.8 Å². The van der Waals surface area contributed by atoms with Gasteiger partial charge in [0.2, 0.25) is 0 Å². The molecule has 1 amide bonds. The molecule has 1 aromatic heterocycles. The van der Waals surface area contributed by atoms with Crippen LogP contribution in [0, 0.1) is 5.41 Å². The van der Waals surface area contributed by atoms with Crippen LogP contribution in [-0.4, -0.2) is 28.5 Å². The van der Waals surface area contributed by atoms with Crippen LogP contribution in [0.1, 0.15) is 37.7 Å². The van der Waals surface area contributed by atoms with Gasteiger partial charge in [-0.1, -0.05) is 20.8 Å². The maximum atomic E-state index is 11.8. The minimum Gasteiger partial charge on any atom is -0.350 e. The number of rotatable bonds is 6. The molecule has 0 atom stereocenters. The number of imidazole rings is 1. The van der Waals surface area contributed by atoms with Gasteiger partial charge in [0.05, 0.1) is 6.33 Å². The molecule has 3 N–H and O–H groups in total. The zero-order chi connectivity index (χ0) is 12.9. The van der Waals surface area contributed by atoms with Crippen LogP contribution in [0.15, 0.2) is 12.5 Å². The summed E-state index contributed by atoms with van der Waals surface area (Å²) in [6.07, 6.45) is 4.38. The zero-order valence-corrected chi connectivity index (χ0v) is 10.9. The van der Waals surface area contributed by atoms with Gasteiger partial charge in [-0.3, -0.25) is 4.79 Å². The molecule has 1 heterocycles. The van der Waals surface area contributed by atoms with Crippen molar-refractivity contribution in [2.45, 2.75) is 33.7 Å². The highest BCUT2D eigenvalue weighted by Gasteiger charge is 2.17. The van der Waals surface area contributed by atoms with Crippen molar-refractivity contribution in [1.29, 1.82) is 0 Å². The molecule has 5 nitrogen and oxygen atoms in total. The summed E-state index contributed by atoms with van der Waals surface area (Å²) in [5, 5.41) is 2.90. The van der Waals surface area contributed by atoms with E-state index < -0.39 is 0 Å². The Morgan fingerprint density at radius 1 is 1.59 bits per heavy atom. The molecule has 0 spiro atoms. The minimum atomic E-state index is -0.123. The molecule has 0 bridgehead atoms. The van der Waals surface area contributed by atoms with Crippen molar-refractivity contribution < 1.29 is 4.79 Å². The highest BCUT2D eigenvalue weighted by atomic mass is 16.1. The van der Waals surface area contributed by atoms with E-state index in [4.69, 9.17) is 5.73 Å². The number of hydrogen-bond donors (Lipinski definition) is 2. The summed E-state index contributed by atoms with van der Waals surface area (Å²) in [5.41, 5.74) is 6.00. The predicted molar refractivity (Wildman–Crippen MR) is 67.7 cm³/mol. The molecule has 0 aliphatic heterocycles. The molecule has 5 heteroatoms.